The molecule has 7 heteroatoms. The molecule has 1 aliphatic heterocycles. The highest BCUT2D eigenvalue weighted by atomic mass is 127. The molecule has 0 spiro atoms. The number of methoxy groups -OCH3 is 1. The predicted molar refractivity (Wildman–Crippen MR) is 101 cm³/mol. The highest BCUT2D eigenvalue weighted by Crippen LogP contribution is 2.37. The number of hydrogen-bond acceptors (Lipinski definition) is 4. The van der Waals surface area contributed by atoms with Gasteiger partial charge in [0.25, 0.3) is 0 Å². The lowest BCUT2D eigenvalue weighted by atomic mass is 10.1. The third-order valence-corrected chi connectivity index (χ3v) is 4.92. The van der Waals surface area contributed by atoms with Crippen LogP contribution >= 0.6 is 35.7 Å². The number of carbonyl (C=O) groups is 1. The Labute approximate surface area is 149 Å². The van der Waals surface area contributed by atoms with Gasteiger partial charge in [0.05, 0.1) is 19.6 Å². The van der Waals surface area contributed by atoms with Crippen LogP contribution in [0.2, 0.25) is 0 Å². The van der Waals surface area contributed by atoms with Gasteiger partial charge in [0.1, 0.15) is 0 Å². The number of rotatable bonds is 6. The highest BCUT2D eigenvalue weighted by Gasteiger charge is 2.29. The van der Waals surface area contributed by atoms with E-state index >= 15 is 0 Å². The molecular formula is C14H28IN3O2S. The van der Waals surface area contributed by atoms with Crippen molar-refractivity contribution in [1.82, 2.24) is 10.6 Å². The molecular weight excluding hydrogens is 401 g/mol. The Kier molecular flexibility index (Phi) is 10.4. The van der Waals surface area contributed by atoms with E-state index in [0.717, 1.165) is 19.0 Å². The second-order valence-corrected chi connectivity index (χ2v) is 7.08. The van der Waals surface area contributed by atoms with E-state index in [1.165, 1.54) is 25.7 Å². The number of aliphatic imine (C=N–C) groups is 1. The van der Waals surface area contributed by atoms with Crippen molar-refractivity contribution in [3.63, 3.8) is 0 Å². The molecule has 1 fully saturated rings. The van der Waals surface area contributed by atoms with Crippen LogP contribution in [-0.4, -0.2) is 49.2 Å². The van der Waals surface area contributed by atoms with Crippen LogP contribution in [0.1, 0.15) is 33.6 Å². The van der Waals surface area contributed by atoms with E-state index in [-0.39, 0.29) is 40.6 Å². The first-order chi connectivity index (χ1) is 9.50. The van der Waals surface area contributed by atoms with E-state index in [1.54, 1.807) is 0 Å². The average molecular weight is 429 g/mol. The molecule has 5 nitrogen and oxygen atoms in total. The lowest BCUT2D eigenvalue weighted by molar-refractivity contribution is -0.144. The van der Waals surface area contributed by atoms with Crippen molar-refractivity contribution in [2.45, 2.75) is 38.4 Å². The third kappa shape index (κ3) is 7.58. The molecule has 0 aromatic heterocycles. The number of halogens is 1. The van der Waals surface area contributed by atoms with Crippen LogP contribution in [0.25, 0.3) is 0 Å². The smallest absolute Gasteiger partial charge is 0.310 e. The standard InChI is InChI=1S/C14H27N3O2S.HI/c1-5-15-13(16-9-11(2)12(18)19-4)17-10-14(3)7-6-8-20-14;/h11H,5-10H2,1-4H3,(H2,15,16,17);1H. The predicted octanol–water partition coefficient (Wildman–Crippen LogP) is 2.25. The summed E-state index contributed by atoms with van der Waals surface area (Å²) in [5.41, 5.74) is 0. The van der Waals surface area contributed by atoms with E-state index < -0.39 is 0 Å². The Hall–Kier alpha value is -0.180. The minimum atomic E-state index is -0.202. The maximum Gasteiger partial charge on any atom is 0.310 e. The summed E-state index contributed by atoms with van der Waals surface area (Å²) in [6, 6.07) is 0. The van der Waals surface area contributed by atoms with Gasteiger partial charge in [-0.3, -0.25) is 9.79 Å². The quantitative estimate of drug-likeness (QED) is 0.294. The molecule has 2 N–H and O–H groups in total. The Balaban J connectivity index is 0.00000400. The molecule has 1 rings (SSSR count). The minimum Gasteiger partial charge on any atom is -0.469 e. The molecule has 0 bridgehead atoms. The second kappa shape index (κ2) is 10.5. The van der Waals surface area contributed by atoms with E-state index in [1.807, 2.05) is 25.6 Å². The number of guanidine groups is 1. The Morgan fingerprint density at radius 3 is 2.71 bits per heavy atom. The van der Waals surface area contributed by atoms with Crippen molar-refractivity contribution in [3.05, 3.63) is 0 Å². The summed E-state index contributed by atoms with van der Waals surface area (Å²) in [4.78, 5) is 16.0. The molecule has 21 heavy (non-hydrogen) atoms. The normalized spacial score (nSPS) is 23.1. The van der Waals surface area contributed by atoms with E-state index in [0.29, 0.717) is 6.54 Å². The summed E-state index contributed by atoms with van der Waals surface area (Å²) < 4.78 is 4.98. The number of esters is 1. The van der Waals surface area contributed by atoms with Crippen molar-refractivity contribution in [1.29, 1.82) is 0 Å². The van der Waals surface area contributed by atoms with Gasteiger partial charge in [-0.05, 0) is 32.4 Å². The third-order valence-electron chi connectivity index (χ3n) is 3.40. The number of nitrogens with one attached hydrogen (secondary N) is 2. The Bertz CT molecular complexity index is 347. The van der Waals surface area contributed by atoms with Gasteiger partial charge < -0.3 is 15.4 Å². The van der Waals surface area contributed by atoms with E-state index in [9.17, 15) is 4.79 Å². The molecule has 1 saturated heterocycles. The van der Waals surface area contributed by atoms with Crippen LogP contribution in [0.5, 0.6) is 0 Å². The molecule has 124 valence electrons. The lowest BCUT2D eigenvalue weighted by Gasteiger charge is -2.21. The number of hydrogen-bond donors (Lipinski definition) is 2. The molecule has 0 aromatic carbocycles. The van der Waals surface area contributed by atoms with E-state index in [4.69, 9.17) is 4.74 Å². The zero-order valence-electron chi connectivity index (χ0n) is 13.4. The fourth-order valence-corrected chi connectivity index (χ4v) is 3.31. The largest absolute Gasteiger partial charge is 0.469 e. The molecule has 0 aromatic rings. The summed E-state index contributed by atoms with van der Waals surface area (Å²) in [6.07, 6.45) is 2.50. The van der Waals surface area contributed by atoms with Crippen molar-refractivity contribution < 1.29 is 9.53 Å². The van der Waals surface area contributed by atoms with Crippen LogP contribution in [-0.2, 0) is 9.53 Å². The van der Waals surface area contributed by atoms with Gasteiger partial charge in [0, 0.05) is 17.8 Å². The summed E-state index contributed by atoms with van der Waals surface area (Å²) in [6.45, 7) is 8.29. The van der Waals surface area contributed by atoms with Gasteiger partial charge >= 0.3 is 5.97 Å². The Morgan fingerprint density at radius 1 is 1.48 bits per heavy atom. The maximum absolute atomic E-state index is 11.4. The maximum atomic E-state index is 11.4. The Morgan fingerprint density at radius 2 is 2.19 bits per heavy atom. The summed E-state index contributed by atoms with van der Waals surface area (Å²) >= 11 is 2.00. The number of nitrogens with zero attached hydrogens (tertiary/aromatic N) is 1. The molecule has 1 heterocycles. The van der Waals surface area contributed by atoms with Gasteiger partial charge in [0.15, 0.2) is 5.96 Å². The van der Waals surface area contributed by atoms with Gasteiger partial charge in [-0.2, -0.15) is 11.8 Å². The second-order valence-electron chi connectivity index (χ2n) is 5.40. The molecule has 1 aliphatic rings. The van der Waals surface area contributed by atoms with Gasteiger partial charge in [0.2, 0.25) is 0 Å². The molecule has 0 aliphatic carbocycles. The van der Waals surface area contributed by atoms with Crippen LogP contribution in [0, 0.1) is 5.92 Å². The lowest BCUT2D eigenvalue weighted by Crippen LogP contribution is -2.41. The highest BCUT2D eigenvalue weighted by molar-refractivity contribution is 14.0. The van der Waals surface area contributed by atoms with Crippen molar-refractivity contribution in [2.75, 3.05) is 32.5 Å². The number of ether oxygens (including phenoxy) is 1. The number of carbonyl (C=O) groups excluding carboxylic acids is 1. The topological polar surface area (TPSA) is 62.7 Å². The molecule has 0 saturated carbocycles. The average Bonchev–Trinajstić information content (AvgIpc) is 2.88. The first kappa shape index (κ1) is 20.8. The monoisotopic (exact) mass is 429 g/mol. The van der Waals surface area contributed by atoms with Crippen LogP contribution in [0.4, 0.5) is 0 Å². The first-order valence-corrected chi connectivity index (χ1v) is 8.23. The first-order valence-electron chi connectivity index (χ1n) is 7.24. The van der Waals surface area contributed by atoms with Crippen LogP contribution < -0.4 is 10.6 Å². The molecule has 2 unspecified atom stereocenters. The number of thioether (sulfide) groups is 1. The van der Waals surface area contributed by atoms with Crippen LogP contribution in [0.15, 0.2) is 4.99 Å². The summed E-state index contributed by atoms with van der Waals surface area (Å²) in [5.74, 6) is 1.62. The zero-order chi connectivity index (χ0) is 15.0. The molecule has 0 amide bonds. The molecule has 0 radical (unpaired) electrons. The van der Waals surface area contributed by atoms with E-state index in [2.05, 4.69) is 22.5 Å². The summed E-state index contributed by atoms with van der Waals surface area (Å²) in [7, 11) is 1.41. The molecule has 2 atom stereocenters. The van der Waals surface area contributed by atoms with Crippen molar-refractivity contribution in [2.24, 2.45) is 10.9 Å². The zero-order valence-corrected chi connectivity index (χ0v) is 16.5. The van der Waals surface area contributed by atoms with Crippen LogP contribution in [0.3, 0.4) is 0 Å². The van der Waals surface area contributed by atoms with Gasteiger partial charge in [-0.25, -0.2) is 0 Å². The van der Waals surface area contributed by atoms with Crippen molar-refractivity contribution in [3.8, 4) is 0 Å². The SMILES string of the molecule is CCNC(=NCC1(C)CCCS1)NCC(C)C(=O)OC.I. The fourth-order valence-electron chi connectivity index (χ4n) is 2.08. The summed E-state index contributed by atoms with van der Waals surface area (Å²) in [5, 5.41) is 6.42. The van der Waals surface area contributed by atoms with Gasteiger partial charge in [-0.1, -0.05) is 6.92 Å². The van der Waals surface area contributed by atoms with Gasteiger partial charge in [-0.15, -0.1) is 24.0 Å². The fraction of sp³-hybridized carbons (Fsp3) is 0.857. The minimum absolute atomic E-state index is 0. The van der Waals surface area contributed by atoms with Crippen molar-refractivity contribution >= 4 is 47.7 Å².